The molecule has 1 aromatic rings. The van der Waals surface area contributed by atoms with E-state index < -0.39 is 0 Å². The van der Waals surface area contributed by atoms with Gasteiger partial charge in [0.05, 0.1) is 6.61 Å². The molecule has 0 fully saturated rings. The van der Waals surface area contributed by atoms with Crippen molar-refractivity contribution in [1.29, 1.82) is 0 Å². The molecule has 0 bridgehead atoms. The molecule has 0 atom stereocenters. The van der Waals surface area contributed by atoms with Crippen LogP contribution in [0.2, 0.25) is 0 Å². The van der Waals surface area contributed by atoms with Crippen molar-refractivity contribution in [2.75, 3.05) is 0 Å². The third-order valence-corrected chi connectivity index (χ3v) is 1.07. The van der Waals surface area contributed by atoms with Crippen LogP contribution in [0.25, 0.3) is 0 Å². The first kappa shape index (κ1) is 6.23. The second-order valence-corrected chi connectivity index (χ2v) is 1.79. The Morgan fingerprint density at radius 1 is 1.44 bits per heavy atom. The van der Waals surface area contributed by atoms with E-state index >= 15 is 0 Å². The van der Waals surface area contributed by atoms with Gasteiger partial charge in [0.2, 0.25) is 0 Å². The Morgan fingerprint density at radius 2 is 2.22 bits per heavy atom. The summed E-state index contributed by atoms with van der Waals surface area (Å²) in [4.78, 5) is 0. The first-order chi connectivity index (χ1) is 4.33. The van der Waals surface area contributed by atoms with Gasteiger partial charge in [-0.3, -0.25) is 0 Å². The van der Waals surface area contributed by atoms with Crippen LogP contribution in [0.1, 0.15) is 5.56 Å². The minimum Gasteiger partial charge on any atom is -0.392 e. The average Bonchev–Trinajstić information content (AvgIpc) is 1.88. The van der Waals surface area contributed by atoms with E-state index in [1.807, 2.05) is 0 Å². The molecule has 2 heteroatoms. The largest absolute Gasteiger partial charge is 0.392 e. The molecule has 0 aromatic heterocycles. The predicted octanol–water partition coefficient (Wildman–Crippen LogP) is 1.32. The highest BCUT2D eigenvalue weighted by molar-refractivity contribution is 5.14. The molecule has 1 N–H and O–H groups in total. The van der Waals surface area contributed by atoms with Gasteiger partial charge in [0, 0.05) is 0 Å². The second kappa shape index (κ2) is 2.60. The van der Waals surface area contributed by atoms with E-state index in [4.69, 9.17) is 5.11 Å². The number of benzene rings is 1. The van der Waals surface area contributed by atoms with Crippen molar-refractivity contribution in [3.05, 3.63) is 35.6 Å². The fourth-order valence-electron chi connectivity index (χ4n) is 0.635. The van der Waals surface area contributed by atoms with E-state index in [0.29, 0.717) is 5.56 Å². The molecule has 0 amide bonds. The standard InChI is InChI=1S/C7H7FO/c8-7-3-1-2-6(4-7)5-9/h1-4,9H,5H2/i8-1. The number of aliphatic hydroxyl groups excluding tert-OH is 1. The highest BCUT2D eigenvalue weighted by atomic mass is 18.2. The van der Waals surface area contributed by atoms with Gasteiger partial charge in [-0.2, -0.15) is 0 Å². The summed E-state index contributed by atoms with van der Waals surface area (Å²) in [5, 5.41) is 8.50. The first-order valence-electron chi connectivity index (χ1n) is 2.68. The Labute approximate surface area is 52.8 Å². The van der Waals surface area contributed by atoms with E-state index in [-0.39, 0.29) is 12.4 Å². The number of hydrogen-bond acceptors (Lipinski definition) is 1. The van der Waals surface area contributed by atoms with Gasteiger partial charge in [-0.05, 0) is 17.7 Å². The summed E-state index contributed by atoms with van der Waals surface area (Å²) >= 11 is 0. The molecule has 1 rings (SSSR count). The third kappa shape index (κ3) is 1.50. The zero-order valence-electron chi connectivity index (χ0n) is 4.84. The fraction of sp³-hybridized carbons (Fsp3) is 0.143. The molecular formula is C7H7FO. The molecule has 9 heavy (non-hydrogen) atoms. The Morgan fingerprint density at radius 3 is 2.67 bits per heavy atom. The fourth-order valence-corrected chi connectivity index (χ4v) is 0.635. The Bertz CT molecular complexity index is 198. The Hall–Kier alpha value is -0.890. The zero-order chi connectivity index (χ0) is 6.69. The molecule has 48 valence electrons. The molecule has 1 aromatic carbocycles. The topological polar surface area (TPSA) is 20.2 Å². The van der Waals surface area contributed by atoms with Gasteiger partial charge in [0.15, 0.2) is 0 Å². The van der Waals surface area contributed by atoms with Crippen LogP contribution in [0.15, 0.2) is 24.3 Å². The summed E-state index contributed by atoms with van der Waals surface area (Å²) in [6, 6.07) is 5.89. The molecule has 0 aliphatic carbocycles. The van der Waals surface area contributed by atoms with Crippen LogP contribution in [0.3, 0.4) is 0 Å². The molecule has 0 spiro atoms. The SMILES string of the molecule is OCc1cccc([18F])c1. The minimum absolute atomic E-state index is 0.0994. The molecule has 0 saturated carbocycles. The molecule has 0 aliphatic heterocycles. The lowest BCUT2D eigenvalue weighted by atomic mass is 10.2. The van der Waals surface area contributed by atoms with E-state index in [9.17, 15) is 4.39 Å². The maximum absolute atomic E-state index is 12.2. The number of hydrogen-bond donors (Lipinski definition) is 1. The molecule has 0 radical (unpaired) electrons. The molecule has 0 unspecified atom stereocenters. The Kier molecular flexibility index (Phi) is 1.80. The highest BCUT2D eigenvalue weighted by Crippen LogP contribution is 2.01. The smallest absolute Gasteiger partial charge is 0.123 e. The summed E-state index contributed by atoms with van der Waals surface area (Å²) in [6.45, 7) is -0.0994. The number of halogens is 1. The summed E-state index contributed by atoms with van der Waals surface area (Å²) < 4.78 is 12.2. The van der Waals surface area contributed by atoms with Gasteiger partial charge < -0.3 is 5.11 Å². The minimum atomic E-state index is -0.304. The van der Waals surface area contributed by atoms with Gasteiger partial charge in [-0.1, -0.05) is 12.1 Å². The summed E-state index contributed by atoms with van der Waals surface area (Å²) in [6.07, 6.45) is 0. The summed E-state index contributed by atoms with van der Waals surface area (Å²) in [5.74, 6) is -0.304. The molecule has 0 saturated heterocycles. The van der Waals surface area contributed by atoms with E-state index in [2.05, 4.69) is 0 Å². The maximum atomic E-state index is 12.2. The van der Waals surface area contributed by atoms with Crippen LogP contribution in [0.5, 0.6) is 0 Å². The van der Waals surface area contributed by atoms with Crippen molar-refractivity contribution in [3.63, 3.8) is 0 Å². The molecule has 0 aliphatic rings. The van der Waals surface area contributed by atoms with Crippen LogP contribution in [-0.4, -0.2) is 5.11 Å². The molecular weight excluding hydrogens is 118 g/mol. The lowest BCUT2D eigenvalue weighted by molar-refractivity contribution is 0.281. The van der Waals surface area contributed by atoms with Crippen LogP contribution in [0, 0.1) is 5.82 Å². The predicted molar refractivity (Wildman–Crippen MR) is 32.3 cm³/mol. The van der Waals surface area contributed by atoms with Crippen molar-refractivity contribution in [3.8, 4) is 0 Å². The van der Waals surface area contributed by atoms with Crippen molar-refractivity contribution in [1.82, 2.24) is 0 Å². The molecule has 0 heterocycles. The quantitative estimate of drug-likeness (QED) is 0.600. The van der Waals surface area contributed by atoms with Gasteiger partial charge in [-0.25, -0.2) is 4.39 Å². The lowest BCUT2D eigenvalue weighted by Crippen LogP contribution is -1.82. The maximum Gasteiger partial charge on any atom is 0.123 e. The highest BCUT2D eigenvalue weighted by Gasteiger charge is 1.89. The Balaban J connectivity index is 2.94. The van der Waals surface area contributed by atoms with E-state index in [0.717, 1.165) is 0 Å². The van der Waals surface area contributed by atoms with Crippen LogP contribution in [0.4, 0.5) is 4.39 Å². The van der Waals surface area contributed by atoms with Crippen molar-refractivity contribution in [2.45, 2.75) is 6.61 Å². The summed E-state index contributed by atoms with van der Waals surface area (Å²) in [7, 11) is 0. The molecule has 1 nitrogen and oxygen atoms in total. The van der Waals surface area contributed by atoms with Crippen LogP contribution in [-0.2, 0) is 6.61 Å². The van der Waals surface area contributed by atoms with E-state index in [1.54, 1.807) is 12.1 Å². The summed E-state index contributed by atoms with van der Waals surface area (Å²) in [5.41, 5.74) is 0.606. The van der Waals surface area contributed by atoms with Crippen molar-refractivity contribution < 1.29 is 9.50 Å². The average molecular weight is 125 g/mol. The normalized spacial score (nSPS) is 9.56. The van der Waals surface area contributed by atoms with Gasteiger partial charge in [-0.15, -0.1) is 0 Å². The van der Waals surface area contributed by atoms with E-state index in [1.165, 1.54) is 12.1 Å². The van der Waals surface area contributed by atoms with Crippen molar-refractivity contribution in [2.24, 2.45) is 0 Å². The monoisotopic (exact) mass is 125 g/mol. The van der Waals surface area contributed by atoms with Gasteiger partial charge in [0.1, 0.15) is 5.82 Å². The second-order valence-electron chi connectivity index (χ2n) is 1.79. The first-order valence-corrected chi connectivity index (χ1v) is 2.68. The van der Waals surface area contributed by atoms with Crippen molar-refractivity contribution >= 4 is 0 Å². The number of aliphatic hydroxyl groups is 1. The zero-order valence-corrected chi connectivity index (χ0v) is 4.84. The van der Waals surface area contributed by atoms with Crippen LogP contribution < -0.4 is 0 Å². The van der Waals surface area contributed by atoms with Crippen LogP contribution >= 0.6 is 0 Å². The third-order valence-electron chi connectivity index (χ3n) is 1.07. The number of rotatable bonds is 1. The van der Waals surface area contributed by atoms with Gasteiger partial charge >= 0.3 is 0 Å². The van der Waals surface area contributed by atoms with Gasteiger partial charge in [0.25, 0.3) is 0 Å². The lowest BCUT2D eigenvalue weighted by Gasteiger charge is -1.92.